The van der Waals surface area contributed by atoms with E-state index in [-0.39, 0.29) is 25.0 Å². The van der Waals surface area contributed by atoms with Gasteiger partial charge in [-0.3, -0.25) is 14.5 Å². The van der Waals surface area contributed by atoms with Crippen LogP contribution < -0.4 is 0 Å². The van der Waals surface area contributed by atoms with Crippen molar-refractivity contribution in [3.05, 3.63) is 35.9 Å². The van der Waals surface area contributed by atoms with Crippen molar-refractivity contribution in [3.63, 3.8) is 0 Å². The quantitative estimate of drug-likeness (QED) is 0.742. The van der Waals surface area contributed by atoms with E-state index in [1.54, 1.807) is 0 Å². The highest BCUT2D eigenvalue weighted by molar-refractivity contribution is 5.80. The fourth-order valence-electron chi connectivity index (χ4n) is 2.11. The van der Waals surface area contributed by atoms with Crippen LogP contribution in [0.15, 0.2) is 30.3 Å². The maximum atomic E-state index is 12.0. The van der Waals surface area contributed by atoms with Crippen molar-refractivity contribution >= 4 is 11.9 Å². The molecule has 1 aromatic carbocycles. The van der Waals surface area contributed by atoms with E-state index in [0.717, 1.165) is 5.56 Å². The summed E-state index contributed by atoms with van der Waals surface area (Å²) >= 11 is 0. The van der Waals surface area contributed by atoms with Gasteiger partial charge in [0, 0.05) is 19.6 Å². The molecule has 0 radical (unpaired) electrons. The van der Waals surface area contributed by atoms with E-state index < -0.39 is 0 Å². The van der Waals surface area contributed by atoms with Gasteiger partial charge >= 0.3 is 5.97 Å². The van der Waals surface area contributed by atoms with Gasteiger partial charge in [-0.1, -0.05) is 30.3 Å². The van der Waals surface area contributed by atoms with Crippen molar-refractivity contribution in [3.8, 4) is 0 Å². The number of methoxy groups -OCH3 is 1. The van der Waals surface area contributed by atoms with E-state index in [4.69, 9.17) is 0 Å². The van der Waals surface area contributed by atoms with Crippen molar-refractivity contribution in [2.24, 2.45) is 0 Å². The summed E-state index contributed by atoms with van der Waals surface area (Å²) in [7, 11) is 1.36. The summed E-state index contributed by atoms with van der Waals surface area (Å²) in [6.07, 6.45) is 0. The Bertz CT molecular complexity index is 447. The zero-order valence-corrected chi connectivity index (χ0v) is 11.0. The Kier molecular flexibility index (Phi) is 4.52. The summed E-state index contributed by atoms with van der Waals surface area (Å²) in [4.78, 5) is 26.8. The summed E-state index contributed by atoms with van der Waals surface area (Å²) in [5.41, 5.74) is 1.12. The first-order valence-corrected chi connectivity index (χ1v) is 6.30. The van der Waals surface area contributed by atoms with Crippen LogP contribution in [0.1, 0.15) is 5.56 Å². The second-order valence-electron chi connectivity index (χ2n) is 4.59. The van der Waals surface area contributed by atoms with Gasteiger partial charge in [0.2, 0.25) is 5.91 Å². The number of hydrogen-bond acceptors (Lipinski definition) is 4. The smallest absolute Gasteiger partial charge is 0.319 e. The van der Waals surface area contributed by atoms with Gasteiger partial charge in [0.25, 0.3) is 0 Å². The highest BCUT2D eigenvalue weighted by Gasteiger charge is 2.25. The minimum Gasteiger partial charge on any atom is -0.468 e. The number of benzene rings is 1. The van der Waals surface area contributed by atoms with Crippen LogP contribution >= 0.6 is 0 Å². The van der Waals surface area contributed by atoms with Gasteiger partial charge in [-0.25, -0.2) is 0 Å². The molecule has 1 aromatic rings. The monoisotopic (exact) mass is 262 g/mol. The molecule has 0 N–H and O–H groups in total. The van der Waals surface area contributed by atoms with E-state index in [1.165, 1.54) is 7.11 Å². The Morgan fingerprint density at radius 1 is 1.26 bits per heavy atom. The molecule has 1 saturated heterocycles. The minimum atomic E-state index is -0.302. The Morgan fingerprint density at radius 3 is 2.63 bits per heavy atom. The summed E-state index contributed by atoms with van der Waals surface area (Å²) in [6, 6.07) is 9.91. The SMILES string of the molecule is COC(=O)CN1CCN(Cc2ccccc2)C(=O)C1. The number of piperazine rings is 1. The van der Waals surface area contributed by atoms with Gasteiger partial charge in [0.1, 0.15) is 0 Å². The minimum absolute atomic E-state index is 0.0546. The molecule has 1 heterocycles. The van der Waals surface area contributed by atoms with Crippen LogP contribution in [0.25, 0.3) is 0 Å². The van der Waals surface area contributed by atoms with Crippen LogP contribution in [0.4, 0.5) is 0 Å². The fraction of sp³-hybridized carbons (Fsp3) is 0.429. The standard InChI is InChI=1S/C14H18N2O3/c1-19-14(18)11-15-7-8-16(13(17)10-15)9-12-5-3-2-4-6-12/h2-6H,7-11H2,1H3. The molecule has 0 saturated carbocycles. The van der Waals surface area contributed by atoms with Crippen LogP contribution in [-0.2, 0) is 20.9 Å². The first kappa shape index (κ1) is 13.5. The number of amides is 1. The zero-order chi connectivity index (χ0) is 13.7. The lowest BCUT2D eigenvalue weighted by Gasteiger charge is -2.33. The number of ether oxygens (including phenoxy) is 1. The summed E-state index contributed by atoms with van der Waals surface area (Å²) in [6.45, 7) is 2.44. The molecule has 0 spiro atoms. The van der Waals surface area contributed by atoms with Gasteiger partial charge < -0.3 is 9.64 Å². The number of carbonyl (C=O) groups is 2. The van der Waals surface area contributed by atoms with Crippen molar-refractivity contribution in [2.45, 2.75) is 6.54 Å². The van der Waals surface area contributed by atoms with Gasteiger partial charge in [-0.15, -0.1) is 0 Å². The maximum Gasteiger partial charge on any atom is 0.319 e. The topological polar surface area (TPSA) is 49.9 Å². The molecule has 0 unspecified atom stereocenters. The van der Waals surface area contributed by atoms with Gasteiger partial charge in [-0.2, -0.15) is 0 Å². The van der Waals surface area contributed by atoms with E-state index >= 15 is 0 Å². The number of carbonyl (C=O) groups excluding carboxylic acids is 2. The molecule has 0 atom stereocenters. The predicted molar refractivity (Wildman–Crippen MR) is 70.3 cm³/mol. The third-order valence-electron chi connectivity index (χ3n) is 3.19. The molecule has 0 aromatic heterocycles. The third kappa shape index (κ3) is 3.79. The van der Waals surface area contributed by atoms with Crippen molar-refractivity contribution in [1.29, 1.82) is 0 Å². The molecule has 1 aliphatic rings. The van der Waals surface area contributed by atoms with Crippen LogP contribution in [0.5, 0.6) is 0 Å². The maximum absolute atomic E-state index is 12.0. The lowest BCUT2D eigenvalue weighted by atomic mass is 10.2. The third-order valence-corrected chi connectivity index (χ3v) is 3.19. The molecule has 1 aliphatic heterocycles. The molecule has 5 heteroatoms. The highest BCUT2D eigenvalue weighted by Crippen LogP contribution is 2.09. The zero-order valence-electron chi connectivity index (χ0n) is 11.0. The Balaban J connectivity index is 1.87. The van der Waals surface area contributed by atoms with Crippen LogP contribution in [0, 0.1) is 0 Å². The highest BCUT2D eigenvalue weighted by atomic mass is 16.5. The molecule has 5 nitrogen and oxygen atoms in total. The van der Waals surface area contributed by atoms with Gasteiger partial charge in [-0.05, 0) is 5.56 Å². The normalized spacial score (nSPS) is 16.5. The second kappa shape index (κ2) is 6.33. The summed E-state index contributed by atoms with van der Waals surface area (Å²) < 4.78 is 4.61. The number of esters is 1. The molecule has 19 heavy (non-hydrogen) atoms. The molecule has 2 rings (SSSR count). The Hall–Kier alpha value is -1.88. The van der Waals surface area contributed by atoms with Crippen LogP contribution in [-0.4, -0.2) is 55.0 Å². The molecular weight excluding hydrogens is 244 g/mol. The molecule has 0 bridgehead atoms. The number of rotatable bonds is 4. The fourth-order valence-corrected chi connectivity index (χ4v) is 2.11. The molecule has 1 amide bonds. The van der Waals surface area contributed by atoms with E-state index in [9.17, 15) is 9.59 Å². The van der Waals surface area contributed by atoms with Gasteiger partial charge in [0.05, 0.1) is 20.2 Å². The Labute approximate surface area is 112 Å². The largest absolute Gasteiger partial charge is 0.468 e. The van der Waals surface area contributed by atoms with Crippen molar-refractivity contribution in [2.75, 3.05) is 33.3 Å². The van der Waals surface area contributed by atoms with E-state index in [0.29, 0.717) is 19.6 Å². The summed E-state index contributed by atoms with van der Waals surface area (Å²) in [5, 5.41) is 0. The first-order valence-electron chi connectivity index (χ1n) is 6.30. The van der Waals surface area contributed by atoms with Crippen LogP contribution in [0.3, 0.4) is 0 Å². The predicted octanol–water partition coefficient (Wildman–Crippen LogP) is 0.504. The summed E-state index contributed by atoms with van der Waals surface area (Å²) in [5.74, 6) is -0.247. The van der Waals surface area contributed by atoms with Crippen molar-refractivity contribution < 1.29 is 14.3 Å². The molecule has 102 valence electrons. The van der Waals surface area contributed by atoms with Crippen LogP contribution in [0.2, 0.25) is 0 Å². The van der Waals surface area contributed by atoms with Gasteiger partial charge in [0.15, 0.2) is 0 Å². The molecule has 0 aliphatic carbocycles. The Morgan fingerprint density at radius 2 is 2.00 bits per heavy atom. The average Bonchev–Trinajstić information content (AvgIpc) is 2.43. The lowest BCUT2D eigenvalue weighted by molar-refractivity contribution is -0.145. The van der Waals surface area contributed by atoms with E-state index in [2.05, 4.69) is 4.74 Å². The number of hydrogen-bond donors (Lipinski definition) is 0. The van der Waals surface area contributed by atoms with E-state index in [1.807, 2.05) is 40.1 Å². The average molecular weight is 262 g/mol. The first-order chi connectivity index (χ1) is 9.19. The molecule has 1 fully saturated rings. The second-order valence-corrected chi connectivity index (χ2v) is 4.59. The number of nitrogens with zero attached hydrogens (tertiary/aromatic N) is 2. The lowest BCUT2D eigenvalue weighted by Crippen LogP contribution is -2.51. The van der Waals surface area contributed by atoms with Crippen molar-refractivity contribution in [1.82, 2.24) is 9.80 Å². The molecular formula is C14H18N2O3.